The molecule has 25 heavy (non-hydrogen) atoms. The lowest BCUT2D eigenvalue weighted by Crippen LogP contribution is -2.24. The van der Waals surface area contributed by atoms with Crippen LogP contribution in [-0.2, 0) is 13.1 Å². The zero-order valence-electron chi connectivity index (χ0n) is 14.6. The summed E-state index contributed by atoms with van der Waals surface area (Å²) in [5.41, 5.74) is 0.582. The quantitative estimate of drug-likeness (QED) is 0.781. The molecule has 0 spiro atoms. The highest BCUT2D eigenvalue weighted by atomic mass is 15.5. The molecule has 0 amide bonds. The first-order valence-corrected chi connectivity index (χ1v) is 8.86. The number of hydrogen-bond acceptors (Lipinski definition) is 7. The second-order valence-corrected chi connectivity index (χ2v) is 6.49. The van der Waals surface area contributed by atoms with E-state index in [0.29, 0.717) is 11.5 Å². The van der Waals surface area contributed by atoms with Crippen molar-refractivity contribution >= 4 is 5.82 Å². The summed E-state index contributed by atoms with van der Waals surface area (Å²) in [6.07, 6.45) is 4.99. The van der Waals surface area contributed by atoms with Gasteiger partial charge in [0.1, 0.15) is 11.9 Å². The first-order valence-electron chi connectivity index (χ1n) is 8.86. The normalized spacial score (nSPS) is 17.5. The molecule has 1 saturated heterocycles. The Kier molecular flexibility index (Phi) is 5.90. The number of tetrazole rings is 1. The molecule has 8 heteroatoms. The Morgan fingerprint density at radius 2 is 2.32 bits per heavy atom. The summed E-state index contributed by atoms with van der Waals surface area (Å²) in [6.45, 7) is 6.85. The van der Waals surface area contributed by atoms with E-state index < -0.39 is 0 Å². The van der Waals surface area contributed by atoms with Crippen molar-refractivity contribution in [2.75, 3.05) is 25.0 Å². The lowest BCUT2D eigenvalue weighted by Gasteiger charge is -2.16. The molecule has 8 nitrogen and oxygen atoms in total. The highest BCUT2D eigenvalue weighted by Crippen LogP contribution is 2.18. The Bertz CT molecular complexity index is 702. The van der Waals surface area contributed by atoms with E-state index >= 15 is 0 Å². The monoisotopic (exact) mass is 340 g/mol. The number of pyridine rings is 1. The first-order chi connectivity index (χ1) is 12.3. The van der Waals surface area contributed by atoms with Crippen LogP contribution in [0.5, 0.6) is 0 Å². The second-order valence-electron chi connectivity index (χ2n) is 6.49. The highest BCUT2D eigenvalue weighted by molar-refractivity contribution is 5.38. The van der Waals surface area contributed by atoms with Gasteiger partial charge in [-0.15, -0.1) is 5.10 Å². The number of hydrogen-bond donors (Lipinski definition) is 1. The van der Waals surface area contributed by atoms with Gasteiger partial charge in [-0.1, -0.05) is 13.3 Å². The highest BCUT2D eigenvalue weighted by Gasteiger charge is 2.24. The minimum atomic E-state index is 0.581. The Hall–Kier alpha value is -2.53. The molecule has 3 rings (SSSR count). The number of nitrogens with one attached hydrogen (secondary N) is 1. The van der Waals surface area contributed by atoms with Crippen molar-refractivity contribution in [1.29, 1.82) is 5.26 Å². The molecule has 0 aliphatic carbocycles. The number of unbranched alkanes of at least 4 members (excludes halogenated alkanes) is 1. The van der Waals surface area contributed by atoms with Gasteiger partial charge in [0, 0.05) is 25.8 Å². The maximum absolute atomic E-state index is 8.80. The summed E-state index contributed by atoms with van der Waals surface area (Å²) in [5, 5.41) is 24.3. The molecule has 0 bridgehead atoms. The van der Waals surface area contributed by atoms with E-state index in [1.807, 2.05) is 10.7 Å². The number of rotatable bonds is 8. The molecule has 0 aromatic carbocycles. The van der Waals surface area contributed by atoms with Crippen molar-refractivity contribution in [2.24, 2.45) is 5.92 Å². The number of nitrogens with zero attached hydrogens (tertiary/aromatic N) is 7. The van der Waals surface area contributed by atoms with Crippen molar-refractivity contribution in [3.63, 3.8) is 0 Å². The molecule has 0 unspecified atom stereocenters. The molecule has 0 saturated carbocycles. The van der Waals surface area contributed by atoms with Gasteiger partial charge in [0.05, 0.1) is 12.1 Å². The fraction of sp³-hybridized carbons (Fsp3) is 0.588. The Morgan fingerprint density at radius 3 is 3.08 bits per heavy atom. The van der Waals surface area contributed by atoms with Gasteiger partial charge < -0.3 is 5.32 Å². The van der Waals surface area contributed by atoms with E-state index in [9.17, 15) is 0 Å². The van der Waals surface area contributed by atoms with Crippen molar-refractivity contribution in [3.05, 3.63) is 29.7 Å². The predicted molar refractivity (Wildman–Crippen MR) is 93.6 cm³/mol. The van der Waals surface area contributed by atoms with E-state index in [2.05, 4.69) is 43.7 Å². The van der Waals surface area contributed by atoms with Crippen LogP contribution in [0, 0.1) is 17.2 Å². The third-order valence-corrected chi connectivity index (χ3v) is 4.53. The van der Waals surface area contributed by atoms with Crippen LogP contribution in [0.25, 0.3) is 0 Å². The van der Waals surface area contributed by atoms with Crippen LogP contribution in [0.2, 0.25) is 0 Å². The SMILES string of the molecule is CCCCn1nnnc1CN1CC[C@H](CNc2ccc(C#N)cn2)C1. The lowest BCUT2D eigenvalue weighted by molar-refractivity contribution is 0.301. The molecular formula is C17H24N8. The number of anilines is 1. The summed E-state index contributed by atoms with van der Waals surface area (Å²) < 4.78 is 1.93. The topological polar surface area (TPSA) is 95.5 Å². The fourth-order valence-electron chi connectivity index (χ4n) is 3.05. The van der Waals surface area contributed by atoms with Crippen LogP contribution in [0.15, 0.2) is 18.3 Å². The largest absolute Gasteiger partial charge is 0.370 e. The molecule has 132 valence electrons. The second kappa shape index (κ2) is 8.53. The molecule has 0 radical (unpaired) electrons. The minimum absolute atomic E-state index is 0.581. The Labute approximate surface area is 147 Å². The summed E-state index contributed by atoms with van der Waals surface area (Å²) in [7, 11) is 0. The lowest BCUT2D eigenvalue weighted by atomic mass is 10.1. The maximum atomic E-state index is 8.80. The third-order valence-electron chi connectivity index (χ3n) is 4.53. The van der Waals surface area contributed by atoms with Crippen molar-refractivity contribution in [3.8, 4) is 6.07 Å². The van der Waals surface area contributed by atoms with Crippen LogP contribution in [0.1, 0.15) is 37.6 Å². The van der Waals surface area contributed by atoms with Gasteiger partial charge >= 0.3 is 0 Å². The zero-order chi connectivity index (χ0) is 17.5. The van der Waals surface area contributed by atoms with Crippen molar-refractivity contribution < 1.29 is 0 Å². The molecule has 1 fully saturated rings. The molecule has 2 aromatic rings. The van der Waals surface area contributed by atoms with Gasteiger partial charge in [-0.2, -0.15) is 5.26 Å². The standard InChI is InChI=1S/C17H24N8/c1-2-3-7-25-17(21-22-23-25)13-24-8-6-15(12-24)11-20-16-5-4-14(9-18)10-19-16/h4-5,10,15H,2-3,6-8,11-13H2,1H3,(H,19,20)/t15-/m1/s1. The van der Waals surface area contributed by atoms with Crippen LogP contribution < -0.4 is 5.32 Å². The third kappa shape index (κ3) is 4.73. The van der Waals surface area contributed by atoms with Gasteiger partial charge in [0.15, 0.2) is 5.82 Å². The van der Waals surface area contributed by atoms with E-state index in [4.69, 9.17) is 5.26 Å². The van der Waals surface area contributed by atoms with Crippen LogP contribution in [-0.4, -0.2) is 49.7 Å². The molecule has 1 aliphatic heterocycles. The number of nitriles is 1. The molecule has 3 heterocycles. The number of aryl methyl sites for hydroxylation is 1. The summed E-state index contributed by atoms with van der Waals surface area (Å²) >= 11 is 0. The van der Waals surface area contributed by atoms with Crippen LogP contribution in [0.4, 0.5) is 5.82 Å². The van der Waals surface area contributed by atoms with Gasteiger partial charge in [-0.25, -0.2) is 9.67 Å². The molecular weight excluding hydrogens is 316 g/mol. The van der Waals surface area contributed by atoms with Crippen LogP contribution >= 0.6 is 0 Å². The molecule has 1 atom stereocenters. The molecule has 1 aliphatic rings. The first kappa shape index (κ1) is 17.3. The smallest absolute Gasteiger partial charge is 0.165 e. The minimum Gasteiger partial charge on any atom is -0.370 e. The number of aromatic nitrogens is 5. The predicted octanol–water partition coefficient (Wildman–Crippen LogP) is 1.67. The Morgan fingerprint density at radius 1 is 1.40 bits per heavy atom. The zero-order valence-corrected chi connectivity index (χ0v) is 14.6. The maximum Gasteiger partial charge on any atom is 0.165 e. The summed E-state index contributed by atoms with van der Waals surface area (Å²) in [5.74, 6) is 2.36. The fourth-order valence-corrected chi connectivity index (χ4v) is 3.05. The summed E-state index contributed by atoms with van der Waals surface area (Å²) in [4.78, 5) is 6.66. The van der Waals surface area contributed by atoms with Gasteiger partial charge in [-0.3, -0.25) is 4.90 Å². The summed E-state index contributed by atoms with van der Waals surface area (Å²) in [6, 6.07) is 5.72. The Balaban J connectivity index is 1.45. The molecule has 1 N–H and O–H groups in total. The molecule has 2 aromatic heterocycles. The van der Waals surface area contributed by atoms with E-state index in [0.717, 1.165) is 63.6 Å². The van der Waals surface area contributed by atoms with E-state index in [1.54, 1.807) is 12.3 Å². The average Bonchev–Trinajstić information content (AvgIpc) is 3.28. The van der Waals surface area contributed by atoms with Gasteiger partial charge in [0.2, 0.25) is 0 Å². The van der Waals surface area contributed by atoms with E-state index in [1.165, 1.54) is 0 Å². The van der Waals surface area contributed by atoms with Crippen molar-refractivity contribution in [1.82, 2.24) is 30.1 Å². The van der Waals surface area contributed by atoms with Crippen LogP contribution in [0.3, 0.4) is 0 Å². The van der Waals surface area contributed by atoms with Crippen molar-refractivity contribution in [2.45, 2.75) is 39.3 Å². The van der Waals surface area contributed by atoms with E-state index in [-0.39, 0.29) is 0 Å². The van der Waals surface area contributed by atoms with Gasteiger partial charge in [-0.05, 0) is 47.9 Å². The number of likely N-dealkylation sites (tertiary alicyclic amines) is 1. The average molecular weight is 340 g/mol. The van der Waals surface area contributed by atoms with Gasteiger partial charge in [0.25, 0.3) is 0 Å².